The molecule has 0 fully saturated rings. The molecule has 0 saturated heterocycles. The number of nitrogens with one attached hydrogen (secondary N) is 2. The summed E-state index contributed by atoms with van der Waals surface area (Å²) in [5, 5.41) is 11.5. The number of aromatic nitrogens is 2. The lowest BCUT2D eigenvalue weighted by atomic mass is 10.1. The summed E-state index contributed by atoms with van der Waals surface area (Å²) in [5.41, 5.74) is 0.690. The highest BCUT2D eigenvalue weighted by Crippen LogP contribution is 2.21. The normalized spacial score (nSPS) is 11.5. The maximum absolute atomic E-state index is 12.4. The smallest absolute Gasteiger partial charge is 0.263 e. The highest BCUT2D eigenvalue weighted by atomic mass is 35.5. The van der Waals surface area contributed by atoms with Crippen molar-refractivity contribution in [1.82, 2.24) is 10.2 Å². The van der Waals surface area contributed by atoms with Gasteiger partial charge in [0.05, 0.1) is 4.90 Å². The lowest BCUT2D eigenvalue weighted by Crippen LogP contribution is -2.15. The van der Waals surface area contributed by atoms with E-state index in [0.29, 0.717) is 22.3 Å². The fraction of sp³-hybridized carbons (Fsp3) is 0.375. The average molecular weight is 369 g/mol. The molecule has 6 nitrogen and oxygen atoms in total. The highest BCUT2D eigenvalue weighted by molar-refractivity contribution is 7.92. The van der Waals surface area contributed by atoms with Crippen LogP contribution >= 0.6 is 11.6 Å². The van der Waals surface area contributed by atoms with Crippen LogP contribution in [-0.2, 0) is 10.0 Å². The van der Waals surface area contributed by atoms with Gasteiger partial charge in [-0.25, -0.2) is 8.42 Å². The maximum atomic E-state index is 12.4. The van der Waals surface area contributed by atoms with Gasteiger partial charge in [-0.3, -0.25) is 4.72 Å². The molecule has 0 saturated carbocycles. The van der Waals surface area contributed by atoms with Gasteiger partial charge in [-0.15, -0.1) is 10.2 Å². The first-order chi connectivity index (χ1) is 11.3. The molecule has 0 spiro atoms. The van der Waals surface area contributed by atoms with Crippen molar-refractivity contribution in [2.45, 2.75) is 32.1 Å². The Kier molecular flexibility index (Phi) is 6.01. The molecular formula is C16H21ClN4O2S. The largest absolute Gasteiger partial charge is 0.369 e. The zero-order valence-corrected chi connectivity index (χ0v) is 15.4. The van der Waals surface area contributed by atoms with Gasteiger partial charge in [-0.05, 0) is 55.2 Å². The van der Waals surface area contributed by atoms with Gasteiger partial charge in [0.25, 0.3) is 10.0 Å². The molecule has 0 radical (unpaired) electrons. The predicted octanol–water partition coefficient (Wildman–Crippen LogP) is 3.70. The SMILES string of the molecule is Cc1cc(S(=O)(=O)Nc2ccc(NCCC(C)C)nn2)ccc1Cl. The Balaban J connectivity index is 2.05. The van der Waals surface area contributed by atoms with E-state index in [1.807, 2.05) is 0 Å². The summed E-state index contributed by atoms with van der Waals surface area (Å²) in [4.78, 5) is 0.130. The second-order valence-corrected chi connectivity index (χ2v) is 8.02. The van der Waals surface area contributed by atoms with Gasteiger partial charge in [0.2, 0.25) is 0 Å². The summed E-state index contributed by atoms with van der Waals surface area (Å²) in [6.45, 7) is 6.83. The number of halogens is 1. The number of nitrogens with zero attached hydrogens (tertiary/aromatic N) is 2. The topological polar surface area (TPSA) is 84.0 Å². The maximum Gasteiger partial charge on any atom is 0.263 e. The first-order valence-corrected chi connectivity index (χ1v) is 9.50. The van der Waals surface area contributed by atoms with E-state index in [0.717, 1.165) is 13.0 Å². The van der Waals surface area contributed by atoms with E-state index in [-0.39, 0.29) is 10.7 Å². The minimum absolute atomic E-state index is 0.130. The molecular weight excluding hydrogens is 348 g/mol. The van der Waals surface area contributed by atoms with Crippen molar-refractivity contribution in [2.75, 3.05) is 16.6 Å². The molecule has 1 heterocycles. The van der Waals surface area contributed by atoms with E-state index < -0.39 is 10.0 Å². The van der Waals surface area contributed by atoms with Crippen LogP contribution in [0.25, 0.3) is 0 Å². The fourth-order valence-corrected chi connectivity index (χ4v) is 3.15. The summed E-state index contributed by atoms with van der Waals surface area (Å²) in [7, 11) is -3.73. The Hall–Kier alpha value is -1.86. The van der Waals surface area contributed by atoms with Crippen LogP contribution in [0.4, 0.5) is 11.6 Å². The van der Waals surface area contributed by atoms with E-state index in [1.165, 1.54) is 12.1 Å². The Bertz CT molecular complexity index is 792. The minimum atomic E-state index is -3.73. The molecule has 0 aliphatic heterocycles. The number of benzene rings is 1. The number of aryl methyl sites for hydroxylation is 1. The van der Waals surface area contributed by atoms with Crippen LogP contribution < -0.4 is 10.0 Å². The third-order valence-corrected chi connectivity index (χ3v) is 5.15. The van der Waals surface area contributed by atoms with Gasteiger partial charge in [-0.2, -0.15) is 0 Å². The van der Waals surface area contributed by atoms with Gasteiger partial charge < -0.3 is 5.32 Å². The molecule has 0 bridgehead atoms. The Labute approximate surface area is 147 Å². The third kappa shape index (κ3) is 5.07. The fourth-order valence-electron chi connectivity index (χ4n) is 1.95. The lowest BCUT2D eigenvalue weighted by molar-refractivity contribution is 0.600. The zero-order chi connectivity index (χ0) is 17.7. The molecule has 0 unspecified atom stereocenters. The summed E-state index contributed by atoms with van der Waals surface area (Å²) in [6.07, 6.45) is 1.02. The average Bonchev–Trinajstić information content (AvgIpc) is 2.51. The van der Waals surface area contributed by atoms with E-state index in [2.05, 4.69) is 34.1 Å². The second-order valence-electron chi connectivity index (χ2n) is 5.93. The van der Waals surface area contributed by atoms with Crippen LogP contribution in [0.3, 0.4) is 0 Å². The van der Waals surface area contributed by atoms with Crippen LogP contribution in [-0.4, -0.2) is 25.2 Å². The van der Waals surface area contributed by atoms with E-state index >= 15 is 0 Å². The molecule has 1 aromatic heterocycles. The van der Waals surface area contributed by atoms with E-state index in [9.17, 15) is 8.42 Å². The van der Waals surface area contributed by atoms with Crippen molar-refractivity contribution in [1.29, 1.82) is 0 Å². The lowest BCUT2D eigenvalue weighted by Gasteiger charge is -2.10. The number of hydrogen-bond acceptors (Lipinski definition) is 5. The van der Waals surface area contributed by atoms with Gasteiger partial charge in [0, 0.05) is 11.6 Å². The summed E-state index contributed by atoms with van der Waals surface area (Å²) in [6, 6.07) is 7.79. The molecule has 2 N–H and O–H groups in total. The van der Waals surface area contributed by atoms with E-state index in [1.54, 1.807) is 25.1 Å². The molecule has 2 aromatic rings. The number of sulfonamides is 1. The predicted molar refractivity (Wildman–Crippen MR) is 97.0 cm³/mol. The molecule has 130 valence electrons. The number of hydrogen-bond donors (Lipinski definition) is 2. The monoisotopic (exact) mass is 368 g/mol. The van der Waals surface area contributed by atoms with Crippen molar-refractivity contribution in [2.24, 2.45) is 5.92 Å². The van der Waals surface area contributed by atoms with Crippen molar-refractivity contribution in [3.63, 3.8) is 0 Å². The summed E-state index contributed by atoms with van der Waals surface area (Å²) >= 11 is 5.92. The van der Waals surface area contributed by atoms with Gasteiger partial charge in [0.15, 0.2) is 5.82 Å². The van der Waals surface area contributed by atoms with Crippen LogP contribution in [0, 0.1) is 12.8 Å². The zero-order valence-electron chi connectivity index (χ0n) is 13.9. The first-order valence-electron chi connectivity index (χ1n) is 7.64. The minimum Gasteiger partial charge on any atom is -0.369 e. The van der Waals surface area contributed by atoms with Crippen LogP contribution in [0.5, 0.6) is 0 Å². The van der Waals surface area contributed by atoms with Crippen molar-refractivity contribution in [3.8, 4) is 0 Å². The second kappa shape index (κ2) is 7.81. The molecule has 8 heteroatoms. The van der Waals surface area contributed by atoms with Gasteiger partial charge in [-0.1, -0.05) is 25.4 Å². The number of anilines is 2. The Morgan fingerprint density at radius 2 is 1.79 bits per heavy atom. The van der Waals surface area contributed by atoms with Crippen molar-refractivity contribution in [3.05, 3.63) is 40.9 Å². The van der Waals surface area contributed by atoms with Crippen molar-refractivity contribution >= 4 is 33.3 Å². The molecule has 24 heavy (non-hydrogen) atoms. The summed E-state index contributed by atoms with van der Waals surface area (Å²) < 4.78 is 27.1. The molecule has 2 rings (SSSR count). The van der Waals surface area contributed by atoms with Crippen LogP contribution in [0.1, 0.15) is 25.8 Å². The summed E-state index contributed by atoms with van der Waals surface area (Å²) in [5.74, 6) is 1.37. The van der Waals surface area contributed by atoms with Crippen LogP contribution in [0.2, 0.25) is 5.02 Å². The van der Waals surface area contributed by atoms with E-state index in [4.69, 9.17) is 11.6 Å². The van der Waals surface area contributed by atoms with Gasteiger partial charge in [0.1, 0.15) is 5.82 Å². The third-order valence-electron chi connectivity index (χ3n) is 3.37. The number of rotatable bonds is 7. The quantitative estimate of drug-likeness (QED) is 0.778. The van der Waals surface area contributed by atoms with Gasteiger partial charge >= 0.3 is 0 Å². The molecule has 0 aliphatic carbocycles. The molecule has 0 amide bonds. The standard InChI is InChI=1S/C16H21ClN4O2S/c1-11(2)8-9-18-15-6-7-16(20-19-15)21-24(22,23)13-4-5-14(17)12(3)10-13/h4-7,10-11H,8-9H2,1-3H3,(H,18,19)(H,20,21). The van der Waals surface area contributed by atoms with Crippen molar-refractivity contribution < 1.29 is 8.42 Å². The highest BCUT2D eigenvalue weighted by Gasteiger charge is 2.16. The molecule has 1 aromatic carbocycles. The first kappa shape index (κ1) is 18.5. The Morgan fingerprint density at radius 1 is 1.12 bits per heavy atom. The molecule has 0 aliphatic rings. The molecule has 0 atom stereocenters. The van der Waals surface area contributed by atoms with Crippen LogP contribution in [0.15, 0.2) is 35.2 Å². The Morgan fingerprint density at radius 3 is 2.38 bits per heavy atom.